The highest BCUT2D eigenvalue weighted by Crippen LogP contribution is 2.34. The maximum Gasteiger partial charge on any atom is 0.227 e. The summed E-state index contributed by atoms with van der Waals surface area (Å²) in [5, 5.41) is 19.3. The maximum atomic E-state index is 12.1. The summed E-state index contributed by atoms with van der Waals surface area (Å²) in [6, 6.07) is 6.92. The summed E-state index contributed by atoms with van der Waals surface area (Å²) in [6.07, 6.45) is 4.57. The number of rotatable bonds is 6. The largest absolute Gasteiger partial charge is 0.386 e. The van der Waals surface area contributed by atoms with Crippen LogP contribution in [0.2, 0.25) is 0 Å². The predicted molar refractivity (Wildman–Crippen MR) is 127 cm³/mol. The van der Waals surface area contributed by atoms with Gasteiger partial charge >= 0.3 is 0 Å². The van der Waals surface area contributed by atoms with Crippen LogP contribution in [0.3, 0.4) is 0 Å². The molecule has 2 aliphatic heterocycles. The number of β-amino-alcohol motifs (C(OH)–C–C–N with tert-alkyl or cyclic N) is 1. The third kappa shape index (κ3) is 4.16. The van der Waals surface area contributed by atoms with E-state index < -0.39 is 15.4 Å². The van der Waals surface area contributed by atoms with E-state index in [2.05, 4.69) is 22.4 Å². The molecule has 1 aromatic carbocycles. The fourth-order valence-corrected chi connectivity index (χ4v) is 5.17. The molecular formula is C22H29N7O3S. The molecule has 1 atom stereocenters. The van der Waals surface area contributed by atoms with Crippen LogP contribution >= 0.6 is 0 Å². The normalized spacial score (nSPS) is 20.8. The number of sulfone groups is 1. The van der Waals surface area contributed by atoms with Crippen molar-refractivity contribution in [3.05, 3.63) is 30.5 Å². The van der Waals surface area contributed by atoms with Crippen molar-refractivity contribution in [2.24, 2.45) is 0 Å². The molecule has 11 heteroatoms. The third-order valence-electron chi connectivity index (χ3n) is 6.55. The zero-order valence-electron chi connectivity index (χ0n) is 19.1. The van der Waals surface area contributed by atoms with Crippen LogP contribution in [0.5, 0.6) is 0 Å². The molecular weight excluding hydrogens is 442 g/mol. The van der Waals surface area contributed by atoms with E-state index in [-0.39, 0.29) is 10.9 Å². The van der Waals surface area contributed by atoms with Crippen LogP contribution in [0, 0.1) is 0 Å². The van der Waals surface area contributed by atoms with Crippen molar-refractivity contribution in [2.45, 2.75) is 36.3 Å². The fourth-order valence-electron chi connectivity index (χ4n) is 4.51. The van der Waals surface area contributed by atoms with Crippen LogP contribution < -0.4 is 10.2 Å². The van der Waals surface area contributed by atoms with Gasteiger partial charge in [0.1, 0.15) is 5.82 Å². The van der Waals surface area contributed by atoms with Crippen molar-refractivity contribution in [3.8, 4) is 5.69 Å². The molecule has 0 spiro atoms. The van der Waals surface area contributed by atoms with Gasteiger partial charge in [0.25, 0.3) is 0 Å². The van der Waals surface area contributed by atoms with E-state index in [1.165, 1.54) is 6.26 Å². The van der Waals surface area contributed by atoms with Gasteiger partial charge in [-0.2, -0.15) is 15.1 Å². The van der Waals surface area contributed by atoms with E-state index in [1.807, 2.05) is 11.8 Å². The first-order valence-corrected chi connectivity index (χ1v) is 13.0. The Morgan fingerprint density at radius 2 is 2.06 bits per heavy atom. The SMILES string of the molecule is CCC1(O)CN(c2nc(N[C@H]3CCN(C)C3)nc3c2cnn3-c2cccc(S(C)(=O)=O)c2)C1. The van der Waals surface area contributed by atoms with Crippen molar-refractivity contribution in [3.63, 3.8) is 0 Å². The van der Waals surface area contributed by atoms with Gasteiger partial charge in [-0.15, -0.1) is 0 Å². The molecule has 10 nitrogen and oxygen atoms in total. The third-order valence-corrected chi connectivity index (χ3v) is 7.66. The highest BCUT2D eigenvalue weighted by molar-refractivity contribution is 7.90. The first kappa shape index (κ1) is 22.1. The lowest BCUT2D eigenvalue weighted by molar-refractivity contribution is 0.00824. The summed E-state index contributed by atoms with van der Waals surface area (Å²) >= 11 is 0. The number of fused-ring (bicyclic) bond motifs is 1. The Morgan fingerprint density at radius 3 is 2.73 bits per heavy atom. The number of hydrogen-bond acceptors (Lipinski definition) is 9. The molecule has 0 radical (unpaired) electrons. The molecule has 0 unspecified atom stereocenters. The molecule has 2 N–H and O–H groups in total. The number of nitrogens with zero attached hydrogens (tertiary/aromatic N) is 6. The summed E-state index contributed by atoms with van der Waals surface area (Å²) in [5.74, 6) is 1.23. The summed E-state index contributed by atoms with van der Waals surface area (Å²) in [6.45, 7) is 4.89. The molecule has 4 heterocycles. The van der Waals surface area contributed by atoms with Gasteiger partial charge in [-0.1, -0.05) is 13.0 Å². The molecule has 2 saturated heterocycles. The van der Waals surface area contributed by atoms with Crippen LogP contribution in [0.4, 0.5) is 11.8 Å². The quantitative estimate of drug-likeness (QED) is 0.549. The van der Waals surface area contributed by atoms with Crippen molar-refractivity contribution in [1.29, 1.82) is 0 Å². The maximum absolute atomic E-state index is 12.1. The molecule has 0 bridgehead atoms. The molecule has 176 valence electrons. The Bertz CT molecular complexity index is 1300. The van der Waals surface area contributed by atoms with Gasteiger partial charge < -0.3 is 20.2 Å². The minimum absolute atomic E-state index is 0.223. The number of likely N-dealkylation sites (tertiary alicyclic amines) is 1. The Kier molecular flexibility index (Phi) is 5.30. The van der Waals surface area contributed by atoms with E-state index in [4.69, 9.17) is 9.97 Å². The van der Waals surface area contributed by atoms with Gasteiger partial charge in [0.15, 0.2) is 15.5 Å². The molecule has 3 aromatic rings. The number of anilines is 2. The first-order chi connectivity index (χ1) is 15.6. The number of aliphatic hydroxyl groups is 1. The second kappa shape index (κ2) is 7.93. The standard InChI is InChI=1S/C22H29N7O3S/c1-4-22(30)13-28(14-22)19-18-11-23-29(16-6-5-7-17(10-16)33(3,31)32)20(18)26-21(25-19)24-15-8-9-27(2)12-15/h5-7,10-11,15,30H,4,8-9,12-14H2,1-3H3,(H,24,25,26)/t15-/m0/s1. The Balaban J connectivity index is 1.59. The van der Waals surface area contributed by atoms with Crippen LogP contribution in [0.1, 0.15) is 19.8 Å². The first-order valence-electron chi connectivity index (χ1n) is 11.1. The van der Waals surface area contributed by atoms with E-state index in [1.54, 1.807) is 35.1 Å². The molecule has 2 aliphatic rings. The number of benzene rings is 1. The molecule has 33 heavy (non-hydrogen) atoms. The summed E-state index contributed by atoms with van der Waals surface area (Å²) in [5.41, 5.74) is 0.489. The number of likely N-dealkylation sites (N-methyl/N-ethyl adjacent to an activating group) is 1. The van der Waals surface area contributed by atoms with E-state index in [9.17, 15) is 13.5 Å². The van der Waals surface area contributed by atoms with Gasteiger partial charge in [0, 0.05) is 31.9 Å². The second-order valence-electron chi connectivity index (χ2n) is 9.26. The Morgan fingerprint density at radius 1 is 1.27 bits per heavy atom. The predicted octanol–water partition coefficient (Wildman–Crippen LogP) is 1.30. The van der Waals surface area contributed by atoms with E-state index >= 15 is 0 Å². The van der Waals surface area contributed by atoms with Crippen molar-refractivity contribution < 1.29 is 13.5 Å². The Labute approximate surface area is 193 Å². The molecule has 5 rings (SSSR count). The number of hydrogen-bond donors (Lipinski definition) is 2. The number of nitrogens with one attached hydrogen (secondary N) is 1. The van der Waals surface area contributed by atoms with Gasteiger partial charge in [0.05, 0.1) is 27.8 Å². The van der Waals surface area contributed by atoms with Crippen LogP contribution in [0.15, 0.2) is 35.4 Å². The van der Waals surface area contributed by atoms with Crippen LogP contribution in [0.25, 0.3) is 16.7 Å². The monoisotopic (exact) mass is 471 g/mol. The molecule has 0 amide bonds. The topological polar surface area (TPSA) is 116 Å². The van der Waals surface area contributed by atoms with Crippen molar-refractivity contribution >= 4 is 32.6 Å². The van der Waals surface area contributed by atoms with E-state index in [0.717, 1.165) is 30.7 Å². The highest BCUT2D eigenvalue weighted by Gasteiger charge is 2.41. The average Bonchev–Trinajstić information content (AvgIpc) is 3.36. The second-order valence-corrected chi connectivity index (χ2v) is 11.3. The average molecular weight is 472 g/mol. The minimum Gasteiger partial charge on any atom is -0.386 e. The zero-order valence-corrected chi connectivity index (χ0v) is 19.9. The van der Waals surface area contributed by atoms with Crippen molar-refractivity contribution in [2.75, 3.05) is 49.7 Å². The molecule has 2 aromatic heterocycles. The molecule has 0 aliphatic carbocycles. The molecule has 0 saturated carbocycles. The van der Waals surface area contributed by atoms with Gasteiger partial charge in [-0.25, -0.2) is 13.1 Å². The van der Waals surface area contributed by atoms with E-state index in [0.29, 0.717) is 36.8 Å². The summed E-state index contributed by atoms with van der Waals surface area (Å²) in [7, 11) is -1.27. The lowest BCUT2D eigenvalue weighted by atomic mass is 9.91. The Hall–Kier alpha value is -2.76. The minimum atomic E-state index is -3.36. The smallest absolute Gasteiger partial charge is 0.227 e. The zero-order chi connectivity index (χ0) is 23.4. The fraction of sp³-hybridized carbons (Fsp3) is 0.500. The van der Waals surface area contributed by atoms with Crippen molar-refractivity contribution in [1.82, 2.24) is 24.6 Å². The lowest BCUT2D eigenvalue weighted by Crippen LogP contribution is -2.62. The highest BCUT2D eigenvalue weighted by atomic mass is 32.2. The molecule has 2 fully saturated rings. The van der Waals surface area contributed by atoms with Gasteiger partial charge in [0.2, 0.25) is 5.95 Å². The number of aromatic nitrogens is 4. The summed E-state index contributed by atoms with van der Waals surface area (Å²) in [4.78, 5) is 14.1. The summed E-state index contributed by atoms with van der Waals surface area (Å²) < 4.78 is 25.8. The van der Waals surface area contributed by atoms with Gasteiger partial charge in [-0.3, -0.25) is 0 Å². The lowest BCUT2D eigenvalue weighted by Gasteiger charge is -2.47. The van der Waals surface area contributed by atoms with Gasteiger partial charge in [-0.05, 0) is 44.6 Å². The van der Waals surface area contributed by atoms with Crippen LogP contribution in [-0.2, 0) is 9.84 Å². The van der Waals surface area contributed by atoms with Crippen LogP contribution in [-0.4, -0.2) is 89.3 Å².